The minimum absolute atomic E-state index is 0.467. The Morgan fingerprint density at radius 1 is 1.09 bits per heavy atom. The zero-order valence-corrected chi connectivity index (χ0v) is 13.0. The average molecular weight is 312 g/mol. The summed E-state index contributed by atoms with van der Waals surface area (Å²) >= 11 is 5.81. The summed E-state index contributed by atoms with van der Waals surface area (Å²) in [5.74, 6) is 0.774. The molecule has 1 heterocycles. The average Bonchev–Trinajstić information content (AvgIpc) is 2.54. The number of aromatic nitrogens is 1. The molecule has 22 heavy (non-hydrogen) atoms. The lowest BCUT2D eigenvalue weighted by Gasteiger charge is -2.12. The van der Waals surface area contributed by atoms with Crippen LogP contribution in [0, 0.1) is 6.92 Å². The van der Waals surface area contributed by atoms with Crippen LogP contribution in [0.3, 0.4) is 0 Å². The highest BCUT2D eigenvalue weighted by Crippen LogP contribution is 2.31. The Kier molecular flexibility index (Phi) is 3.82. The van der Waals surface area contributed by atoms with E-state index in [0.717, 1.165) is 33.5 Å². The van der Waals surface area contributed by atoms with E-state index in [-0.39, 0.29) is 0 Å². The largest absolute Gasteiger partial charge is 0.497 e. The molecule has 0 aliphatic heterocycles. The molecule has 3 aromatic rings. The highest BCUT2D eigenvalue weighted by atomic mass is 35.5. The van der Waals surface area contributed by atoms with E-state index in [1.54, 1.807) is 7.11 Å². The molecule has 3 nitrogen and oxygen atoms in total. The summed E-state index contributed by atoms with van der Waals surface area (Å²) in [5.41, 5.74) is 3.72. The lowest BCUT2D eigenvalue weighted by molar-refractivity contribution is 0.108. The fourth-order valence-electron chi connectivity index (χ4n) is 2.59. The lowest BCUT2D eigenvalue weighted by atomic mass is 9.98. The first-order chi connectivity index (χ1) is 10.6. The van der Waals surface area contributed by atoms with Crippen LogP contribution < -0.4 is 4.74 Å². The standard InChI is InChI=1S/C18H14ClNO2/c1-11-16(18(19)21)14-5-3-4-6-15(14)20-17(11)12-7-9-13(22-2)10-8-12/h3-10H,1-2H3. The van der Waals surface area contributed by atoms with Gasteiger partial charge in [0.2, 0.25) is 0 Å². The highest BCUT2D eigenvalue weighted by molar-refractivity contribution is 6.68. The van der Waals surface area contributed by atoms with Crippen LogP contribution in [-0.2, 0) is 0 Å². The summed E-state index contributed by atoms with van der Waals surface area (Å²) in [7, 11) is 1.62. The van der Waals surface area contributed by atoms with Gasteiger partial charge >= 0.3 is 0 Å². The Hall–Kier alpha value is -2.39. The number of fused-ring (bicyclic) bond motifs is 1. The van der Waals surface area contributed by atoms with Gasteiger partial charge in [0.1, 0.15) is 5.75 Å². The highest BCUT2D eigenvalue weighted by Gasteiger charge is 2.17. The molecule has 0 amide bonds. The number of benzene rings is 2. The molecular weight excluding hydrogens is 298 g/mol. The Bertz CT molecular complexity index is 857. The predicted molar refractivity (Wildman–Crippen MR) is 88.7 cm³/mol. The summed E-state index contributed by atoms with van der Waals surface area (Å²) in [5, 5.41) is 0.308. The molecule has 2 aromatic carbocycles. The number of nitrogens with zero attached hydrogens (tertiary/aromatic N) is 1. The van der Waals surface area contributed by atoms with Gasteiger partial charge in [0.15, 0.2) is 0 Å². The predicted octanol–water partition coefficient (Wildman–Crippen LogP) is 4.60. The first-order valence-electron chi connectivity index (χ1n) is 6.85. The number of para-hydroxylation sites is 1. The van der Waals surface area contributed by atoms with E-state index in [9.17, 15) is 4.79 Å². The zero-order chi connectivity index (χ0) is 15.7. The van der Waals surface area contributed by atoms with Crippen molar-refractivity contribution in [1.82, 2.24) is 4.98 Å². The molecule has 0 bridgehead atoms. The van der Waals surface area contributed by atoms with E-state index in [0.29, 0.717) is 5.56 Å². The van der Waals surface area contributed by atoms with Crippen molar-refractivity contribution < 1.29 is 9.53 Å². The zero-order valence-electron chi connectivity index (χ0n) is 12.3. The number of methoxy groups -OCH3 is 1. The van der Waals surface area contributed by atoms with E-state index < -0.39 is 5.24 Å². The van der Waals surface area contributed by atoms with E-state index in [1.807, 2.05) is 55.5 Å². The number of hydrogen-bond acceptors (Lipinski definition) is 3. The molecule has 0 atom stereocenters. The fourth-order valence-corrected chi connectivity index (χ4v) is 2.83. The molecule has 3 rings (SSSR count). The minimum atomic E-state index is -0.467. The number of carbonyl (C=O) groups excluding carboxylic acids is 1. The maximum atomic E-state index is 11.9. The first-order valence-corrected chi connectivity index (χ1v) is 7.23. The summed E-state index contributed by atoms with van der Waals surface area (Å²) in [6.45, 7) is 1.87. The molecule has 0 radical (unpaired) electrons. The summed E-state index contributed by atoms with van der Waals surface area (Å²) in [6, 6.07) is 15.1. The molecule has 0 saturated carbocycles. The molecule has 0 fully saturated rings. The maximum absolute atomic E-state index is 11.9. The third kappa shape index (κ3) is 2.44. The smallest absolute Gasteiger partial charge is 0.253 e. The van der Waals surface area contributed by atoms with Crippen LogP contribution in [0.2, 0.25) is 0 Å². The molecule has 1 aromatic heterocycles. The summed E-state index contributed by atoms with van der Waals surface area (Å²) in [4.78, 5) is 16.6. The second kappa shape index (κ2) is 5.78. The number of halogens is 1. The van der Waals surface area contributed by atoms with Crippen molar-refractivity contribution in [3.8, 4) is 17.0 Å². The van der Waals surface area contributed by atoms with Crippen molar-refractivity contribution in [2.24, 2.45) is 0 Å². The third-order valence-corrected chi connectivity index (χ3v) is 3.88. The Balaban J connectivity index is 2.29. The van der Waals surface area contributed by atoms with E-state index in [2.05, 4.69) is 0 Å². The first kappa shape index (κ1) is 14.5. The van der Waals surface area contributed by atoms with Crippen molar-refractivity contribution in [3.05, 3.63) is 59.7 Å². The molecule has 0 spiro atoms. The monoisotopic (exact) mass is 311 g/mol. The maximum Gasteiger partial charge on any atom is 0.253 e. The second-order valence-corrected chi connectivity index (χ2v) is 5.32. The molecular formula is C18H14ClNO2. The normalized spacial score (nSPS) is 10.7. The van der Waals surface area contributed by atoms with Crippen molar-refractivity contribution in [2.45, 2.75) is 6.92 Å². The lowest BCUT2D eigenvalue weighted by Crippen LogP contribution is -2.01. The molecule has 4 heteroatoms. The quantitative estimate of drug-likeness (QED) is 0.664. The van der Waals surface area contributed by atoms with Gasteiger partial charge in [0.25, 0.3) is 5.24 Å². The third-order valence-electron chi connectivity index (χ3n) is 3.70. The van der Waals surface area contributed by atoms with Crippen LogP contribution in [0.4, 0.5) is 0 Å². The number of hydrogen-bond donors (Lipinski definition) is 0. The van der Waals surface area contributed by atoms with Gasteiger partial charge in [-0.1, -0.05) is 18.2 Å². The molecule has 0 saturated heterocycles. The number of pyridine rings is 1. The topological polar surface area (TPSA) is 39.2 Å². The van der Waals surface area contributed by atoms with Gasteiger partial charge in [-0.3, -0.25) is 4.79 Å². The van der Waals surface area contributed by atoms with Crippen molar-refractivity contribution in [3.63, 3.8) is 0 Å². The van der Waals surface area contributed by atoms with Crippen LogP contribution in [0.25, 0.3) is 22.2 Å². The van der Waals surface area contributed by atoms with Crippen molar-refractivity contribution in [2.75, 3.05) is 7.11 Å². The van der Waals surface area contributed by atoms with Gasteiger partial charge in [-0.15, -0.1) is 0 Å². The van der Waals surface area contributed by atoms with E-state index >= 15 is 0 Å². The van der Waals surface area contributed by atoms with Gasteiger partial charge < -0.3 is 4.74 Å². The van der Waals surface area contributed by atoms with Crippen LogP contribution in [0.1, 0.15) is 15.9 Å². The summed E-state index contributed by atoms with van der Waals surface area (Å²) < 4.78 is 5.17. The van der Waals surface area contributed by atoms with E-state index in [1.165, 1.54) is 0 Å². The van der Waals surface area contributed by atoms with Gasteiger partial charge in [0.05, 0.1) is 18.3 Å². The van der Waals surface area contributed by atoms with Gasteiger partial charge in [-0.05, 0) is 54.4 Å². The summed E-state index contributed by atoms with van der Waals surface area (Å²) in [6.07, 6.45) is 0. The molecule has 0 aliphatic rings. The number of carbonyl (C=O) groups is 1. The van der Waals surface area contributed by atoms with Crippen LogP contribution in [0.5, 0.6) is 5.75 Å². The van der Waals surface area contributed by atoms with Crippen LogP contribution in [-0.4, -0.2) is 17.3 Å². The Labute approximate surface area is 133 Å². The van der Waals surface area contributed by atoms with E-state index in [4.69, 9.17) is 21.3 Å². The molecule has 110 valence electrons. The number of rotatable bonds is 3. The van der Waals surface area contributed by atoms with Crippen molar-refractivity contribution in [1.29, 1.82) is 0 Å². The van der Waals surface area contributed by atoms with Gasteiger partial charge in [-0.2, -0.15) is 0 Å². The second-order valence-electron chi connectivity index (χ2n) is 4.98. The number of ether oxygens (including phenoxy) is 1. The Morgan fingerprint density at radius 3 is 2.41 bits per heavy atom. The fraction of sp³-hybridized carbons (Fsp3) is 0.111. The molecule has 0 aliphatic carbocycles. The van der Waals surface area contributed by atoms with Crippen LogP contribution >= 0.6 is 11.6 Å². The Morgan fingerprint density at radius 2 is 1.77 bits per heavy atom. The van der Waals surface area contributed by atoms with Gasteiger partial charge in [-0.25, -0.2) is 4.98 Å². The van der Waals surface area contributed by atoms with Crippen LogP contribution in [0.15, 0.2) is 48.5 Å². The molecule has 0 N–H and O–H groups in total. The van der Waals surface area contributed by atoms with Gasteiger partial charge in [0, 0.05) is 16.5 Å². The molecule has 0 unspecified atom stereocenters. The minimum Gasteiger partial charge on any atom is -0.497 e. The van der Waals surface area contributed by atoms with Crippen molar-refractivity contribution >= 4 is 27.7 Å². The SMILES string of the molecule is COc1ccc(-c2nc3ccccc3c(C(=O)Cl)c2C)cc1.